The zero-order valence-electron chi connectivity index (χ0n) is 45.4. The number of carbonyl (C=O) groups is 2. The van der Waals surface area contributed by atoms with Gasteiger partial charge in [0, 0.05) is 72.5 Å². The van der Waals surface area contributed by atoms with E-state index in [0.717, 1.165) is 89.6 Å². The molecule has 3 N–H and O–H groups in total. The monoisotopic (exact) mass is 991 g/mol. The molecule has 70 heavy (non-hydrogen) atoms. The van der Waals surface area contributed by atoms with E-state index in [-0.39, 0.29) is 73.5 Å². The summed E-state index contributed by atoms with van der Waals surface area (Å²) in [4.78, 5) is 23.5. The third-order valence-corrected chi connectivity index (χ3v) is 12.1. The molecule has 0 saturated heterocycles. The number of carbonyl (C=O) groups excluding carboxylic acids is 2. The van der Waals surface area contributed by atoms with Crippen molar-refractivity contribution in [1.82, 2.24) is 10.6 Å². The Morgan fingerprint density at radius 2 is 0.986 bits per heavy atom. The van der Waals surface area contributed by atoms with Crippen LogP contribution in [0.25, 0.3) is 0 Å². The van der Waals surface area contributed by atoms with Crippen molar-refractivity contribution in [3.63, 3.8) is 0 Å². The lowest BCUT2D eigenvalue weighted by Gasteiger charge is -2.28. The van der Waals surface area contributed by atoms with Crippen LogP contribution >= 0.6 is 0 Å². The van der Waals surface area contributed by atoms with E-state index in [2.05, 4.69) is 86.9 Å². The average Bonchev–Trinajstić information content (AvgIpc) is 3.33. The van der Waals surface area contributed by atoms with Gasteiger partial charge in [-0.3, -0.25) is 4.79 Å². The molecule has 0 radical (unpaired) electrons. The number of nitrogens with one attached hydrogen (secondary N) is 2. The van der Waals surface area contributed by atoms with Crippen molar-refractivity contribution in [3.05, 3.63) is 71.4 Å². The molecule has 9 atom stereocenters. The highest BCUT2D eigenvalue weighted by Gasteiger charge is 2.29. The first kappa shape index (κ1) is 64.8. The average molecular weight is 991 g/mol. The molecule has 0 aliphatic carbocycles. The molecule has 0 spiro atoms. The summed E-state index contributed by atoms with van der Waals surface area (Å²) in [6.07, 6.45) is 30.7. The zero-order valence-corrected chi connectivity index (χ0v) is 45.4. The quantitative estimate of drug-likeness (QED) is 0.168. The molecule has 3 aliphatic rings. The van der Waals surface area contributed by atoms with Gasteiger partial charge in [-0.1, -0.05) is 111 Å². The standard InChI is InChI=1S/2C19H33NO4.C18H32O4/c1-15-12-16(2)19(24-14-18(21)20-3)17(22-4)10-8-6-5-7-9-11-23-13-15;1-5-20-19(21)24-18-16(3)13-15(2)14-23-12-10-8-6-7-9-11-17(18)22-4;1-15-13-16(2)18(22-12-10-19)17(20-3)9-7-5-4-6-8-11-21-14-15/h8,10,12,16-17,19H,5-7,9,11,13-14H2,1-4H3,(H,20,21);9,11,13,16-18H,5-8,10,12,14H2,1-4H3,(H,20,21);7,9,13,16-19H,4-6,8,10-12,14H2,1-3H3/b10-8+,15-12-;11-9+,15-13-;9-7+,15-13-/t16-,17+,19+;2*16-,17+,18+/m111/s1. The summed E-state index contributed by atoms with van der Waals surface area (Å²) in [5.74, 6) is 0.182. The van der Waals surface area contributed by atoms with Crippen LogP contribution in [0.3, 0.4) is 0 Å². The molecule has 14 nitrogen and oxygen atoms in total. The molecule has 0 aromatic rings. The van der Waals surface area contributed by atoms with Gasteiger partial charge in [-0.25, -0.2) is 4.79 Å². The lowest BCUT2D eigenvalue weighted by molar-refractivity contribution is -0.131. The van der Waals surface area contributed by atoms with Crippen LogP contribution in [-0.4, -0.2) is 148 Å². The summed E-state index contributed by atoms with van der Waals surface area (Å²) in [7, 11) is 6.65. The maximum Gasteiger partial charge on any atom is 0.407 e. The van der Waals surface area contributed by atoms with Crippen LogP contribution in [0.2, 0.25) is 0 Å². The molecule has 2 amide bonds. The lowest BCUT2D eigenvalue weighted by Crippen LogP contribution is -2.39. The third-order valence-electron chi connectivity index (χ3n) is 12.1. The minimum atomic E-state index is -0.409. The van der Waals surface area contributed by atoms with E-state index in [4.69, 9.17) is 47.7 Å². The number of amides is 2. The molecule has 0 aromatic heterocycles. The summed E-state index contributed by atoms with van der Waals surface area (Å²) in [5.41, 5.74) is 3.52. The van der Waals surface area contributed by atoms with Gasteiger partial charge < -0.3 is 58.4 Å². The van der Waals surface area contributed by atoms with E-state index in [1.54, 1.807) is 28.4 Å². The molecule has 0 aromatic carbocycles. The van der Waals surface area contributed by atoms with Crippen LogP contribution in [0.5, 0.6) is 0 Å². The normalized spacial score (nSPS) is 31.3. The predicted molar refractivity (Wildman–Crippen MR) is 281 cm³/mol. The maximum atomic E-state index is 11.9. The van der Waals surface area contributed by atoms with Gasteiger partial charge in [-0.15, -0.1) is 0 Å². The van der Waals surface area contributed by atoms with Gasteiger partial charge >= 0.3 is 6.09 Å². The van der Waals surface area contributed by atoms with Crippen molar-refractivity contribution >= 4 is 12.0 Å². The van der Waals surface area contributed by atoms with Gasteiger partial charge in [-0.05, 0) is 85.5 Å². The third kappa shape index (κ3) is 30.6. The molecule has 0 saturated carbocycles. The molecule has 3 heterocycles. The number of methoxy groups -OCH3 is 3. The zero-order chi connectivity index (χ0) is 51.8. The number of likely N-dealkylation sites (N-methyl/N-ethyl adjacent to an activating group) is 1. The molecular weight excluding hydrogens is 893 g/mol. The van der Waals surface area contributed by atoms with Crippen molar-refractivity contribution < 1.29 is 57.3 Å². The van der Waals surface area contributed by atoms with Crippen molar-refractivity contribution in [2.24, 2.45) is 17.8 Å². The second kappa shape index (κ2) is 42.3. The Kier molecular flexibility index (Phi) is 39.2. The van der Waals surface area contributed by atoms with E-state index < -0.39 is 6.09 Å². The number of aliphatic hydroxyl groups is 1. The van der Waals surface area contributed by atoms with Crippen molar-refractivity contribution in [2.45, 2.75) is 162 Å². The highest BCUT2D eigenvalue weighted by atomic mass is 16.6. The van der Waals surface area contributed by atoms with E-state index in [0.29, 0.717) is 33.0 Å². The molecule has 3 aliphatic heterocycles. The molecule has 0 unspecified atom stereocenters. The Morgan fingerprint density at radius 3 is 1.36 bits per heavy atom. The second-order valence-corrected chi connectivity index (χ2v) is 18.6. The fourth-order valence-electron chi connectivity index (χ4n) is 8.37. The topological polar surface area (TPSA) is 162 Å². The first-order chi connectivity index (χ1) is 33.8. The molecule has 14 heteroatoms. The molecule has 0 fully saturated rings. The van der Waals surface area contributed by atoms with Gasteiger partial charge in [0.1, 0.15) is 31.0 Å². The van der Waals surface area contributed by atoms with E-state index >= 15 is 0 Å². The fourth-order valence-corrected chi connectivity index (χ4v) is 8.37. The van der Waals surface area contributed by atoms with Crippen molar-refractivity contribution in [1.29, 1.82) is 0 Å². The summed E-state index contributed by atoms with van der Waals surface area (Å²) in [6, 6.07) is 0. The number of ether oxygens (including phenoxy) is 9. The molecular formula is C56H98N2O12. The fraction of sp³-hybridized carbons (Fsp3) is 0.750. The minimum absolute atomic E-state index is 0.0220. The summed E-state index contributed by atoms with van der Waals surface area (Å²) in [5, 5.41) is 14.3. The Hall–Kier alpha value is -3.18. The Balaban J connectivity index is 0.000000526. The van der Waals surface area contributed by atoms with E-state index in [1.807, 2.05) is 26.8 Å². The van der Waals surface area contributed by atoms with Gasteiger partial charge in [0.2, 0.25) is 5.91 Å². The van der Waals surface area contributed by atoms with Gasteiger partial charge in [0.25, 0.3) is 0 Å². The Bertz CT molecular complexity index is 1530. The number of allylic oxidation sites excluding steroid dienone is 3. The van der Waals surface area contributed by atoms with E-state index in [9.17, 15) is 9.59 Å². The first-order valence-electron chi connectivity index (χ1n) is 26.2. The van der Waals surface area contributed by atoms with Crippen molar-refractivity contribution in [3.8, 4) is 0 Å². The highest BCUT2D eigenvalue weighted by Crippen LogP contribution is 2.23. The SMILES string of the molecule is CCNC(=O)O[C@H]1[C@H](C)/C=C(/C)COCCCCC/C=C/[C@@H]1OC.CNC(=O)CO[C@H]1[C@H](C)/C=C(/C)COCCCCC/C=C/[C@@H]1OC.CO[C@H]1/C=C/CCCCCOC/C(C)=C\[C@@H](C)[C@@H]1OCCO. The van der Waals surface area contributed by atoms with Gasteiger partial charge in [-0.2, -0.15) is 0 Å². The first-order valence-corrected chi connectivity index (χ1v) is 26.2. The van der Waals surface area contributed by atoms with Crippen molar-refractivity contribution in [2.75, 3.05) is 94.4 Å². The van der Waals surface area contributed by atoms with Crippen LogP contribution in [-0.2, 0) is 47.4 Å². The Morgan fingerprint density at radius 1 is 0.600 bits per heavy atom. The van der Waals surface area contributed by atoms with Crippen LogP contribution in [0.15, 0.2) is 71.4 Å². The number of rotatable bonds is 11. The number of hydrogen-bond donors (Lipinski definition) is 3. The molecule has 0 bridgehead atoms. The smallest absolute Gasteiger partial charge is 0.407 e. The van der Waals surface area contributed by atoms with Gasteiger partial charge in [0.05, 0.1) is 45.2 Å². The van der Waals surface area contributed by atoms with Crippen LogP contribution in [0, 0.1) is 17.8 Å². The van der Waals surface area contributed by atoms with Gasteiger partial charge in [0.15, 0.2) is 0 Å². The second-order valence-electron chi connectivity index (χ2n) is 18.6. The Labute approximate surface area is 424 Å². The van der Waals surface area contributed by atoms with E-state index in [1.165, 1.54) is 24.0 Å². The van der Waals surface area contributed by atoms with Crippen LogP contribution < -0.4 is 10.6 Å². The summed E-state index contributed by atoms with van der Waals surface area (Å²) >= 11 is 0. The number of aliphatic hydroxyl groups excluding tert-OH is 1. The number of alkyl carbamates (subject to hydrolysis) is 1. The summed E-state index contributed by atoms with van der Waals surface area (Å²) < 4.78 is 51.4. The minimum Gasteiger partial charge on any atom is -0.443 e. The predicted octanol–water partition coefficient (Wildman–Crippen LogP) is 9.82. The molecule has 3 rings (SSSR count). The van der Waals surface area contributed by atoms with Crippen LogP contribution in [0.4, 0.5) is 4.79 Å². The van der Waals surface area contributed by atoms with Crippen LogP contribution in [0.1, 0.15) is 126 Å². The lowest BCUT2D eigenvalue weighted by atomic mass is 9.96. The summed E-state index contributed by atoms with van der Waals surface area (Å²) in [6.45, 7) is 19.6. The number of hydrogen-bond acceptors (Lipinski definition) is 12. The molecule has 404 valence electrons. The maximum absolute atomic E-state index is 11.9. The largest absolute Gasteiger partial charge is 0.443 e. The highest BCUT2D eigenvalue weighted by molar-refractivity contribution is 5.76.